The fraction of sp³-hybridized carbons (Fsp3) is 0.417. The number of carbonyl (C=O) groups excluding carboxylic acids is 2. The highest BCUT2D eigenvalue weighted by atomic mass is 31.1. The first-order chi connectivity index (χ1) is 13.1. The van der Waals surface area contributed by atoms with E-state index < -0.39 is 5.92 Å². The molecule has 2 aromatic rings. The lowest BCUT2D eigenvalue weighted by atomic mass is 9.78. The van der Waals surface area contributed by atoms with Gasteiger partial charge in [-0.05, 0) is 69.7 Å². The fourth-order valence-corrected chi connectivity index (χ4v) is 4.75. The zero-order chi connectivity index (χ0) is 21.2. The number of hydrogen-bond donors (Lipinski definition) is 0. The van der Waals surface area contributed by atoms with Crippen LogP contribution in [0.5, 0.6) is 0 Å². The molecular weight excluding hydrogens is 367 g/mol. The van der Waals surface area contributed by atoms with E-state index in [0.717, 1.165) is 33.4 Å². The average Bonchev–Trinajstić information content (AvgIpc) is 2.53. The second-order valence-electron chi connectivity index (χ2n) is 8.04. The molecule has 2 aromatic carbocycles. The van der Waals surface area contributed by atoms with Crippen molar-refractivity contribution in [3.8, 4) is 0 Å². The molecule has 1 unspecified atom stereocenters. The Morgan fingerprint density at radius 3 is 1.36 bits per heavy atom. The molecule has 3 nitrogen and oxygen atoms in total. The van der Waals surface area contributed by atoms with Gasteiger partial charge in [0.05, 0.1) is 5.92 Å². The Balaban J connectivity index is 2.62. The van der Waals surface area contributed by atoms with Crippen molar-refractivity contribution in [3.05, 3.63) is 68.8 Å². The van der Waals surface area contributed by atoms with Gasteiger partial charge in [-0.2, -0.15) is 0 Å². The first-order valence-electron chi connectivity index (χ1n) is 9.61. The third kappa shape index (κ3) is 4.47. The Morgan fingerprint density at radius 2 is 1.07 bits per heavy atom. The lowest BCUT2D eigenvalue weighted by molar-refractivity contribution is 0.0767. The van der Waals surface area contributed by atoms with E-state index in [9.17, 15) is 14.2 Å². The smallest absolute Gasteiger partial charge is 0.174 e. The number of aryl methyl sites for hydroxylation is 6. The van der Waals surface area contributed by atoms with E-state index in [0.29, 0.717) is 11.1 Å². The van der Waals surface area contributed by atoms with Crippen molar-refractivity contribution in [2.75, 3.05) is 6.16 Å². The largest absolute Gasteiger partial charge is 0.293 e. The molecule has 2 rings (SSSR count). The van der Waals surface area contributed by atoms with Gasteiger partial charge < -0.3 is 0 Å². The Hall–Kier alpha value is -2.12. The summed E-state index contributed by atoms with van der Waals surface area (Å²) in [5.41, 5.74) is 6.92. The first kappa shape index (κ1) is 22.2. The van der Waals surface area contributed by atoms with Gasteiger partial charge in [0.2, 0.25) is 0 Å². The number of benzene rings is 2. The molecule has 0 aromatic heterocycles. The summed E-state index contributed by atoms with van der Waals surface area (Å²) in [5, 5.41) is 0. The van der Waals surface area contributed by atoms with Crippen molar-refractivity contribution in [2.45, 2.75) is 48.5 Å². The number of carbonyl (C=O) groups is 2. The molecule has 0 aliphatic heterocycles. The van der Waals surface area contributed by atoms with Crippen LogP contribution in [0.15, 0.2) is 24.3 Å². The number of Topliss-reactive ketones (excluding diaryl/α,β-unsaturated/α-hetero) is 2. The zero-order valence-corrected chi connectivity index (χ0v) is 18.7. The van der Waals surface area contributed by atoms with E-state index in [2.05, 4.69) is 0 Å². The van der Waals surface area contributed by atoms with Gasteiger partial charge in [0.1, 0.15) is 0 Å². The highest BCUT2D eigenvalue weighted by Crippen LogP contribution is 2.30. The molecule has 0 amide bonds. The van der Waals surface area contributed by atoms with Crippen molar-refractivity contribution < 1.29 is 14.2 Å². The van der Waals surface area contributed by atoms with Gasteiger partial charge in [-0.15, -0.1) is 0 Å². The van der Waals surface area contributed by atoms with Crippen LogP contribution in [0.4, 0.5) is 0 Å². The lowest BCUT2D eigenvalue weighted by Crippen LogP contribution is -2.33. The summed E-state index contributed by atoms with van der Waals surface area (Å²) in [6.07, 6.45) is 0.274. The Kier molecular flexibility index (Phi) is 7.06. The molecule has 0 heterocycles. The minimum atomic E-state index is -0.846. The van der Waals surface area contributed by atoms with E-state index in [1.54, 1.807) is 0 Å². The molecule has 0 saturated carbocycles. The fourth-order valence-electron chi connectivity index (χ4n) is 4.31. The van der Waals surface area contributed by atoms with Crippen LogP contribution in [-0.4, -0.2) is 17.7 Å². The van der Waals surface area contributed by atoms with E-state index in [1.807, 2.05) is 72.7 Å². The second-order valence-corrected chi connectivity index (χ2v) is 8.67. The number of ketones is 2. The molecular formula is C24H29O3P. The van der Waals surface area contributed by atoms with Gasteiger partial charge in [0, 0.05) is 17.3 Å². The Labute approximate surface area is 169 Å². The molecule has 0 spiro atoms. The molecule has 0 radical (unpaired) electrons. The summed E-state index contributed by atoms with van der Waals surface area (Å²) >= 11 is 0. The lowest BCUT2D eigenvalue weighted by Gasteiger charge is -2.24. The maximum atomic E-state index is 13.6. The first-order valence-corrected chi connectivity index (χ1v) is 10.6. The summed E-state index contributed by atoms with van der Waals surface area (Å²) < 4.78 is 11.3. The second kappa shape index (κ2) is 8.92. The van der Waals surface area contributed by atoms with E-state index in [4.69, 9.17) is 0 Å². The Morgan fingerprint density at radius 1 is 0.750 bits per heavy atom. The van der Waals surface area contributed by atoms with Crippen molar-refractivity contribution in [1.29, 1.82) is 0 Å². The van der Waals surface area contributed by atoms with Crippen LogP contribution in [-0.2, 0) is 4.57 Å². The molecule has 28 heavy (non-hydrogen) atoms. The van der Waals surface area contributed by atoms with Crippen LogP contribution in [0.1, 0.15) is 61.0 Å². The predicted octanol–water partition coefficient (Wildman–Crippen LogP) is 6.15. The molecule has 0 aliphatic rings. The van der Waals surface area contributed by atoms with Gasteiger partial charge in [0.15, 0.2) is 20.0 Å². The van der Waals surface area contributed by atoms with Crippen LogP contribution in [0.2, 0.25) is 0 Å². The summed E-state index contributed by atoms with van der Waals surface area (Å²) in [6.45, 7) is 13.5. The molecule has 0 N–H and O–H groups in total. The maximum absolute atomic E-state index is 13.6. The summed E-state index contributed by atoms with van der Waals surface area (Å²) in [6, 6.07) is 7.89. The van der Waals surface area contributed by atoms with Crippen molar-refractivity contribution in [2.24, 2.45) is 11.8 Å². The van der Waals surface area contributed by atoms with Gasteiger partial charge in [-0.3, -0.25) is 14.2 Å². The van der Waals surface area contributed by atoms with Crippen molar-refractivity contribution in [1.82, 2.24) is 0 Å². The third-order valence-electron chi connectivity index (χ3n) is 5.34. The summed E-state index contributed by atoms with van der Waals surface area (Å²) in [7, 11) is -0.0536. The minimum absolute atomic E-state index is 0.0536. The molecule has 1 atom stereocenters. The average molecular weight is 396 g/mol. The standard InChI is InChI=1S/C24H29O3P/c1-13-8-15(3)20(16(4)9-13)23(25)22(19(7)12-28-27)24(26)21-17(5)10-14(2)11-18(21)6/h8-11,19,22H,12H2,1-7H3. The molecule has 0 fully saturated rings. The topological polar surface area (TPSA) is 51.2 Å². The number of rotatable bonds is 7. The van der Waals surface area contributed by atoms with E-state index in [-0.39, 0.29) is 32.1 Å². The van der Waals surface area contributed by atoms with Crippen molar-refractivity contribution in [3.63, 3.8) is 0 Å². The Bertz CT molecular complexity index is 827. The molecule has 0 aliphatic carbocycles. The van der Waals surface area contributed by atoms with Gasteiger partial charge in [-0.25, -0.2) is 0 Å². The van der Waals surface area contributed by atoms with Crippen LogP contribution in [0, 0.1) is 53.4 Å². The molecule has 0 saturated heterocycles. The van der Waals surface area contributed by atoms with Gasteiger partial charge in [-0.1, -0.05) is 42.3 Å². The SMILES string of the molecule is Cc1cc(C)c(C(=O)C(C(=O)c2c(C)cc(C)cc2C)C(C)CP=O)c(C)c1. The third-order valence-corrected chi connectivity index (χ3v) is 6.07. The normalized spacial score (nSPS) is 12.4. The minimum Gasteiger partial charge on any atom is -0.293 e. The van der Waals surface area contributed by atoms with Gasteiger partial charge >= 0.3 is 0 Å². The van der Waals surface area contributed by atoms with Gasteiger partial charge in [0.25, 0.3) is 0 Å². The number of hydrogen-bond acceptors (Lipinski definition) is 3. The van der Waals surface area contributed by atoms with Crippen LogP contribution in [0.25, 0.3) is 0 Å². The molecule has 0 bridgehead atoms. The monoisotopic (exact) mass is 396 g/mol. The van der Waals surface area contributed by atoms with Crippen LogP contribution in [0.3, 0.4) is 0 Å². The predicted molar refractivity (Wildman–Crippen MR) is 115 cm³/mol. The van der Waals surface area contributed by atoms with Crippen LogP contribution >= 0.6 is 8.46 Å². The van der Waals surface area contributed by atoms with E-state index in [1.165, 1.54) is 0 Å². The summed E-state index contributed by atoms with van der Waals surface area (Å²) in [4.78, 5) is 27.2. The van der Waals surface area contributed by atoms with Crippen molar-refractivity contribution >= 4 is 20.0 Å². The highest BCUT2D eigenvalue weighted by molar-refractivity contribution is 7.23. The highest BCUT2D eigenvalue weighted by Gasteiger charge is 2.36. The molecule has 148 valence electrons. The summed E-state index contributed by atoms with van der Waals surface area (Å²) in [5.74, 6) is -1.51. The zero-order valence-electron chi connectivity index (χ0n) is 17.8. The maximum Gasteiger partial charge on any atom is 0.174 e. The quantitative estimate of drug-likeness (QED) is 0.321. The molecule has 4 heteroatoms. The van der Waals surface area contributed by atoms with E-state index >= 15 is 0 Å². The van der Waals surface area contributed by atoms with Crippen LogP contribution < -0.4 is 0 Å².